The maximum atomic E-state index is 11.4. The molecule has 0 saturated carbocycles. The molecule has 1 fully saturated rings. The van der Waals surface area contributed by atoms with Crippen molar-refractivity contribution in [3.63, 3.8) is 0 Å². The van der Waals surface area contributed by atoms with Crippen LogP contribution in [0.2, 0.25) is 0 Å². The number of hydrogen-bond donors (Lipinski definition) is 1. The summed E-state index contributed by atoms with van der Waals surface area (Å²) in [5.74, 6) is 0.674. The third-order valence-corrected chi connectivity index (χ3v) is 4.53. The van der Waals surface area contributed by atoms with Gasteiger partial charge in [0, 0.05) is 19.3 Å². The van der Waals surface area contributed by atoms with E-state index in [1.54, 1.807) is 0 Å². The van der Waals surface area contributed by atoms with E-state index in [4.69, 9.17) is 4.74 Å². The van der Waals surface area contributed by atoms with Crippen LogP contribution in [0.5, 0.6) is 0 Å². The molecule has 1 aliphatic heterocycles. The first-order chi connectivity index (χ1) is 7.64. The fraction of sp³-hybridized carbons (Fsp3) is 1.00. The summed E-state index contributed by atoms with van der Waals surface area (Å²) in [5, 5.41) is 3.29. The smallest absolute Gasteiger partial charge is 0.151 e. The van der Waals surface area contributed by atoms with E-state index in [1.165, 1.54) is 0 Å². The molecule has 0 aromatic heterocycles. The number of ether oxygens (including phenoxy) is 1. The molecule has 0 aromatic carbocycles. The van der Waals surface area contributed by atoms with Gasteiger partial charge >= 0.3 is 0 Å². The molecule has 1 atom stereocenters. The molecule has 0 aromatic rings. The van der Waals surface area contributed by atoms with Gasteiger partial charge < -0.3 is 10.1 Å². The summed E-state index contributed by atoms with van der Waals surface area (Å²) in [4.78, 5) is 0. The van der Waals surface area contributed by atoms with Crippen LogP contribution in [0.4, 0.5) is 0 Å². The number of nitrogens with one attached hydrogen (secondary N) is 1. The van der Waals surface area contributed by atoms with Crippen LogP contribution in [0.15, 0.2) is 0 Å². The highest BCUT2D eigenvalue weighted by Crippen LogP contribution is 2.11. The average molecular weight is 249 g/mol. The van der Waals surface area contributed by atoms with Crippen LogP contribution in [-0.2, 0) is 14.6 Å². The lowest BCUT2D eigenvalue weighted by atomic mass is 10.2. The molecule has 0 bridgehead atoms. The Hall–Kier alpha value is -0.130. The van der Waals surface area contributed by atoms with Gasteiger partial charge in [-0.15, -0.1) is 0 Å². The predicted molar refractivity (Wildman–Crippen MR) is 65.4 cm³/mol. The Bertz CT molecular complexity index is 277. The van der Waals surface area contributed by atoms with Gasteiger partial charge in [0.1, 0.15) is 0 Å². The summed E-state index contributed by atoms with van der Waals surface area (Å²) in [5.41, 5.74) is 0. The summed E-state index contributed by atoms with van der Waals surface area (Å²) in [7, 11) is -2.78. The molecule has 1 heterocycles. The first kappa shape index (κ1) is 13.9. The van der Waals surface area contributed by atoms with Gasteiger partial charge in [0.15, 0.2) is 9.84 Å². The van der Waals surface area contributed by atoms with Crippen LogP contribution in [0.3, 0.4) is 0 Å². The van der Waals surface area contributed by atoms with Crippen LogP contribution >= 0.6 is 0 Å². The third kappa shape index (κ3) is 5.82. The first-order valence-corrected chi connectivity index (χ1v) is 7.98. The maximum Gasteiger partial charge on any atom is 0.151 e. The third-order valence-electron chi connectivity index (χ3n) is 2.71. The average Bonchev–Trinajstić information content (AvgIpc) is 2.22. The van der Waals surface area contributed by atoms with Crippen molar-refractivity contribution < 1.29 is 13.2 Å². The van der Waals surface area contributed by atoms with Crippen LogP contribution in [0, 0.1) is 0 Å². The van der Waals surface area contributed by atoms with Crippen molar-refractivity contribution in [2.24, 2.45) is 0 Å². The highest BCUT2D eigenvalue weighted by Gasteiger charge is 2.23. The molecule has 1 saturated heterocycles. The van der Waals surface area contributed by atoms with Crippen molar-refractivity contribution in [2.75, 3.05) is 31.3 Å². The molecule has 4 nitrogen and oxygen atoms in total. The fourth-order valence-corrected chi connectivity index (χ4v) is 3.58. The Balaban J connectivity index is 2.04. The molecule has 5 heteroatoms. The molecule has 96 valence electrons. The highest BCUT2D eigenvalue weighted by atomic mass is 32.2. The SMILES string of the molecule is CCCOCCCNC1CCCS(=O)(=O)C1. The van der Waals surface area contributed by atoms with Gasteiger partial charge in [0.2, 0.25) is 0 Å². The Kier molecular flexibility index (Phi) is 6.31. The molecule has 0 aliphatic carbocycles. The lowest BCUT2D eigenvalue weighted by molar-refractivity contribution is 0.131. The minimum absolute atomic E-state index is 0.157. The first-order valence-electron chi connectivity index (χ1n) is 6.15. The van der Waals surface area contributed by atoms with Crippen molar-refractivity contribution in [2.45, 2.75) is 38.6 Å². The fourth-order valence-electron chi connectivity index (χ4n) is 1.91. The van der Waals surface area contributed by atoms with Crippen LogP contribution in [0.1, 0.15) is 32.6 Å². The summed E-state index contributed by atoms with van der Waals surface area (Å²) in [6.07, 6.45) is 3.78. The van der Waals surface area contributed by atoms with Gasteiger partial charge in [0.05, 0.1) is 11.5 Å². The molecule has 1 aliphatic rings. The molecule has 1 N–H and O–H groups in total. The van der Waals surface area contributed by atoms with E-state index in [9.17, 15) is 8.42 Å². The predicted octanol–water partition coefficient (Wildman–Crippen LogP) is 0.970. The van der Waals surface area contributed by atoms with Crippen molar-refractivity contribution >= 4 is 9.84 Å². The second kappa shape index (κ2) is 7.25. The summed E-state index contributed by atoms with van der Waals surface area (Å²) in [6, 6.07) is 0.157. The van der Waals surface area contributed by atoms with E-state index in [0.29, 0.717) is 11.5 Å². The van der Waals surface area contributed by atoms with Gasteiger partial charge in [-0.2, -0.15) is 0 Å². The number of rotatable bonds is 7. The Morgan fingerprint density at radius 1 is 1.38 bits per heavy atom. The summed E-state index contributed by atoms with van der Waals surface area (Å²) in [6.45, 7) is 4.52. The van der Waals surface area contributed by atoms with Crippen LogP contribution < -0.4 is 5.32 Å². The number of hydrogen-bond acceptors (Lipinski definition) is 4. The van der Waals surface area contributed by atoms with E-state index in [0.717, 1.165) is 45.4 Å². The number of sulfone groups is 1. The molecule has 0 spiro atoms. The molecule has 16 heavy (non-hydrogen) atoms. The summed E-state index contributed by atoms with van der Waals surface area (Å²) >= 11 is 0. The van der Waals surface area contributed by atoms with Gasteiger partial charge in [-0.05, 0) is 32.2 Å². The Labute approximate surface area is 98.7 Å². The van der Waals surface area contributed by atoms with Gasteiger partial charge in [-0.25, -0.2) is 8.42 Å². The van der Waals surface area contributed by atoms with Crippen molar-refractivity contribution in [3.8, 4) is 0 Å². The maximum absolute atomic E-state index is 11.4. The van der Waals surface area contributed by atoms with E-state index in [-0.39, 0.29) is 6.04 Å². The second-order valence-electron chi connectivity index (χ2n) is 4.37. The standard InChI is InChI=1S/C11H23NO3S/c1-2-7-15-8-4-6-12-11-5-3-9-16(13,14)10-11/h11-12H,2-10H2,1H3. The van der Waals surface area contributed by atoms with E-state index in [1.807, 2.05) is 0 Å². The lowest BCUT2D eigenvalue weighted by Crippen LogP contribution is -2.40. The quantitative estimate of drug-likeness (QED) is 0.683. The van der Waals surface area contributed by atoms with Crippen LogP contribution in [-0.4, -0.2) is 45.7 Å². The zero-order valence-corrected chi connectivity index (χ0v) is 10.9. The zero-order chi connectivity index (χ0) is 11.9. The zero-order valence-electron chi connectivity index (χ0n) is 10.1. The largest absolute Gasteiger partial charge is 0.381 e. The molecule has 1 unspecified atom stereocenters. The van der Waals surface area contributed by atoms with Crippen molar-refractivity contribution in [3.05, 3.63) is 0 Å². The second-order valence-corrected chi connectivity index (χ2v) is 6.60. The minimum atomic E-state index is -2.78. The van der Waals surface area contributed by atoms with Gasteiger partial charge in [-0.3, -0.25) is 0 Å². The lowest BCUT2D eigenvalue weighted by Gasteiger charge is -2.23. The van der Waals surface area contributed by atoms with E-state index < -0.39 is 9.84 Å². The van der Waals surface area contributed by atoms with Crippen molar-refractivity contribution in [1.82, 2.24) is 5.32 Å². The molecular weight excluding hydrogens is 226 g/mol. The summed E-state index contributed by atoms with van der Waals surface area (Å²) < 4.78 is 28.1. The Morgan fingerprint density at radius 2 is 2.19 bits per heavy atom. The molecule has 0 amide bonds. The van der Waals surface area contributed by atoms with E-state index in [2.05, 4.69) is 12.2 Å². The van der Waals surface area contributed by atoms with Crippen LogP contribution in [0.25, 0.3) is 0 Å². The minimum Gasteiger partial charge on any atom is -0.381 e. The van der Waals surface area contributed by atoms with E-state index >= 15 is 0 Å². The molecule has 0 radical (unpaired) electrons. The molecular formula is C11H23NO3S. The molecule has 1 rings (SSSR count). The topological polar surface area (TPSA) is 55.4 Å². The normalized spacial score (nSPS) is 24.4. The highest BCUT2D eigenvalue weighted by molar-refractivity contribution is 7.91. The monoisotopic (exact) mass is 249 g/mol. The van der Waals surface area contributed by atoms with Gasteiger partial charge in [-0.1, -0.05) is 6.92 Å². The van der Waals surface area contributed by atoms with Crippen molar-refractivity contribution in [1.29, 1.82) is 0 Å². The van der Waals surface area contributed by atoms with Gasteiger partial charge in [0.25, 0.3) is 0 Å². The Morgan fingerprint density at radius 3 is 2.88 bits per heavy atom.